The van der Waals surface area contributed by atoms with Gasteiger partial charge in [0.25, 0.3) is 0 Å². The number of aromatic amines is 1. The zero-order valence-corrected chi connectivity index (χ0v) is 21.3. The number of aromatic nitrogens is 1. The van der Waals surface area contributed by atoms with Crippen LogP contribution in [0.2, 0.25) is 0 Å². The first-order valence-electron chi connectivity index (χ1n) is 12.5. The van der Waals surface area contributed by atoms with Crippen molar-refractivity contribution < 1.29 is 23.7 Å². The predicted molar refractivity (Wildman–Crippen MR) is 129 cm³/mol. The highest BCUT2D eigenvalue weighted by atomic mass is 16.6. The van der Waals surface area contributed by atoms with Crippen LogP contribution in [-0.2, 0) is 23.7 Å². The maximum absolute atomic E-state index is 13.1. The van der Waals surface area contributed by atoms with Gasteiger partial charge in [0.2, 0.25) is 0 Å². The van der Waals surface area contributed by atoms with E-state index in [0.717, 1.165) is 18.5 Å². The largest absolute Gasteiger partial charge is 0.460 e. The summed E-state index contributed by atoms with van der Waals surface area (Å²) >= 11 is 0. The van der Waals surface area contributed by atoms with E-state index >= 15 is 0 Å². The molecule has 0 radical (unpaired) electrons. The van der Waals surface area contributed by atoms with Gasteiger partial charge in [-0.05, 0) is 46.0 Å². The van der Waals surface area contributed by atoms with E-state index in [2.05, 4.69) is 31.8 Å². The number of carbonyl (C=O) groups is 1. The Bertz CT molecular complexity index is 975. The maximum atomic E-state index is 13.1. The third-order valence-corrected chi connectivity index (χ3v) is 7.91. The molecule has 1 aliphatic carbocycles. The van der Waals surface area contributed by atoms with Crippen LogP contribution in [0.4, 0.5) is 0 Å². The molecule has 7 heteroatoms. The van der Waals surface area contributed by atoms with Gasteiger partial charge in [-0.3, -0.25) is 9.59 Å². The monoisotopic (exact) mass is 473 g/mol. The number of esters is 1. The summed E-state index contributed by atoms with van der Waals surface area (Å²) in [7, 11) is 1.68. The molecule has 3 aliphatic rings. The first-order chi connectivity index (χ1) is 16.1. The quantitative estimate of drug-likeness (QED) is 0.329. The van der Waals surface area contributed by atoms with Crippen molar-refractivity contribution in [3.05, 3.63) is 45.9 Å². The van der Waals surface area contributed by atoms with E-state index in [9.17, 15) is 9.59 Å². The van der Waals surface area contributed by atoms with E-state index in [4.69, 9.17) is 18.9 Å². The Balaban J connectivity index is 1.47. The van der Waals surface area contributed by atoms with Crippen LogP contribution in [0, 0.1) is 11.8 Å². The van der Waals surface area contributed by atoms with Gasteiger partial charge in [0, 0.05) is 37.1 Å². The molecule has 34 heavy (non-hydrogen) atoms. The number of epoxide rings is 2. The van der Waals surface area contributed by atoms with Gasteiger partial charge in [-0.25, -0.2) is 0 Å². The highest BCUT2D eigenvalue weighted by Gasteiger charge is 2.72. The molecule has 2 aliphatic heterocycles. The Morgan fingerprint density at radius 1 is 1.35 bits per heavy atom. The van der Waals surface area contributed by atoms with Crippen molar-refractivity contribution in [3.8, 4) is 0 Å². The number of rotatable bonds is 9. The van der Waals surface area contributed by atoms with Gasteiger partial charge < -0.3 is 23.9 Å². The maximum Gasteiger partial charge on any atom is 0.306 e. The molecule has 1 saturated carbocycles. The highest BCUT2D eigenvalue weighted by Crippen LogP contribution is 2.59. The second-order valence-corrected chi connectivity index (χ2v) is 10.9. The number of carbonyl (C=O) groups excluding carboxylic acids is 1. The second-order valence-electron chi connectivity index (χ2n) is 10.9. The molecular formula is C27H39NO6. The molecule has 7 atom stereocenters. The summed E-state index contributed by atoms with van der Waals surface area (Å²) < 4.78 is 24.3. The van der Waals surface area contributed by atoms with E-state index in [1.165, 1.54) is 11.6 Å². The molecule has 0 aromatic carbocycles. The SMILES string of the molecule is CO[C@@H]1[C@H](OC(=O)C[C@H](c2cc(=O)cc[nH]2)C(C)C)CC[C@]2(CO2)[C@H]1[C@@]1(C)O[C@@H]1CC=C(C)C. The van der Waals surface area contributed by atoms with Crippen molar-refractivity contribution in [1.29, 1.82) is 0 Å². The zero-order chi connectivity index (χ0) is 24.7. The Hall–Kier alpha value is -1.96. The molecule has 3 heterocycles. The summed E-state index contributed by atoms with van der Waals surface area (Å²) in [5.41, 5.74) is 1.35. The van der Waals surface area contributed by atoms with Gasteiger partial charge in [-0.15, -0.1) is 0 Å². The van der Waals surface area contributed by atoms with Crippen LogP contribution in [0.25, 0.3) is 0 Å². The minimum atomic E-state index is -0.363. The van der Waals surface area contributed by atoms with Crippen molar-refractivity contribution >= 4 is 5.97 Å². The molecule has 1 aromatic heterocycles. The van der Waals surface area contributed by atoms with E-state index < -0.39 is 0 Å². The van der Waals surface area contributed by atoms with Crippen LogP contribution in [0.5, 0.6) is 0 Å². The number of pyridine rings is 1. The van der Waals surface area contributed by atoms with Crippen molar-refractivity contribution in [2.24, 2.45) is 11.8 Å². The van der Waals surface area contributed by atoms with Crippen LogP contribution >= 0.6 is 0 Å². The molecule has 2 saturated heterocycles. The Morgan fingerprint density at radius 3 is 2.68 bits per heavy atom. The standard InChI is InChI=1S/C27H39NO6/c1-16(2)7-8-22-26(5,34-22)25-24(31-6)21(9-11-27(25)15-32-27)33-23(30)14-19(17(3)4)20-13-18(29)10-12-28-20/h7,10,12-13,17,19,21-22,24-25H,8-9,11,14-15H2,1-6H3,(H,28,29)/t19-,21+,22+,24+,25+,26-,27-/m0/s1. The summed E-state index contributed by atoms with van der Waals surface area (Å²) in [4.78, 5) is 28.1. The molecule has 1 aromatic rings. The number of hydrogen-bond acceptors (Lipinski definition) is 6. The van der Waals surface area contributed by atoms with Gasteiger partial charge in [-0.1, -0.05) is 25.5 Å². The molecule has 1 N–H and O–H groups in total. The van der Waals surface area contributed by atoms with Crippen LogP contribution in [0.3, 0.4) is 0 Å². The predicted octanol–water partition coefficient (Wildman–Crippen LogP) is 4.12. The lowest BCUT2D eigenvalue weighted by molar-refractivity contribution is -0.172. The van der Waals surface area contributed by atoms with Crippen molar-refractivity contribution in [2.75, 3.05) is 13.7 Å². The highest BCUT2D eigenvalue weighted by molar-refractivity contribution is 5.70. The molecular weight excluding hydrogens is 434 g/mol. The van der Waals surface area contributed by atoms with Crippen LogP contribution in [-0.4, -0.2) is 54.2 Å². The number of hydrogen-bond donors (Lipinski definition) is 1. The number of ether oxygens (including phenoxy) is 4. The molecule has 0 unspecified atom stereocenters. The third-order valence-electron chi connectivity index (χ3n) is 7.91. The van der Waals surface area contributed by atoms with E-state index in [0.29, 0.717) is 13.0 Å². The number of nitrogens with one attached hydrogen (secondary N) is 1. The lowest BCUT2D eigenvalue weighted by atomic mass is 9.68. The normalized spacial score (nSPS) is 35.1. The average Bonchev–Trinajstić information content (AvgIpc) is 3.69. The lowest BCUT2D eigenvalue weighted by Gasteiger charge is -2.42. The summed E-state index contributed by atoms with van der Waals surface area (Å²) in [6, 6.07) is 3.05. The van der Waals surface area contributed by atoms with Crippen LogP contribution in [0.15, 0.2) is 34.8 Å². The van der Waals surface area contributed by atoms with Gasteiger partial charge in [0.05, 0.1) is 25.0 Å². The molecule has 0 amide bonds. The Kier molecular flexibility index (Phi) is 7.09. The van der Waals surface area contributed by atoms with Gasteiger partial charge in [0.15, 0.2) is 5.43 Å². The van der Waals surface area contributed by atoms with Crippen LogP contribution in [0.1, 0.15) is 71.9 Å². The average molecular weight is 474 g/mol. The second kappa shape index (κ2) is 9.59. The number of methoxy groups -OCH3 is 1. The Morgan fingerprint density at radius 2 is 2.09 bits per heavy atom. The van der Waals surface area contributed by atoms with Crippen molar-refractivity contribution in [2.45, 2.75) is 95.7 Å². The van der Waals surface area contributed by atoms with Crippen molar-refractivity contribution in [3.63, 3.8) is 0 Å². The minimum Gasteiger partial charge on any atom is -0.460 e. The molecule has 4 rings (SSSR count). The minimum absolute atomic E-state index is 0.00140. The summed E-state index contributed by atoms with van der Waals surface area (Å²) in [5, 5.41) is 0. The zero-order valence-electron chi connectivity index (χ0n) is 21.3. The molecule has 188 valence electrons. The molecule has 0 bridgehead atoms. The number of allylic oxidation sites excluding steroid dienone is 1. The topological polar surface area (TPSA) is 93.5 Å². The van der Waals surface area contributed by atoms with Gasteiger partial charge >= 0.3 is 5.97 Å². The summed E-state index contributed by atoms with van der Waals surface area (Å²) in [6.45, 7) is 11.1. The summed E-state index contributed by atoms with van der Waals surface area (Å²) in [5.74, 6) is -0.235. The fourth-order valence-corrected chi connectivity index (χ4v) is 5.85. The van der Waals surface area contributed by atoms with Gasteiger partial charge in [-0.2, -0.15) is 0 Å². The first kappa shape index (κ1) is 25.1. The number of H-pyrrole nitrogens is 1. The van der Waals surface area contributed by atoms with E-state index in [1.807, 2.05) is 13.8 Å². The fourth-order valence-electron chi connectivity index (χ4n) is 5.85. The fraction of sp³-hybridized carbons (Fsp3) is 0.704. The smallest absolute Gasteiger partial charge is 0.306 e. The van der Waals surface area contributed by atoms with E-state index in [-0.39, 0.29) is 65.1 Å². The molecule has 7 nitrogen and oxygen atoms in total. The summed E-state index contributed by atoms with van der Waals surface area (Å²) in [6.07, 6.45) is 5.88. The lowest BCUT2D eigenvalue weighted by Crippen LogP contribution is -2.55. The molecule has 3 fully saturated rings. The molecule has 1 spiro atoms. The van der Waals surface area contributed by atoms with Crippen molar-refractivity contribution in [1.82, 2.24) is 4.98 Å². The first-order valence-corrected chi connectivity index (χ1v) is 12.5. The third kappa shape index (κ3) is 5.02. The van der Waals surface area contributed by atoms with E-state index in [1.54, 1.807) is 19.4 Å². The Labute approximate surface area is 202 Å². The van der Waals surface area contributed by atoms with Gasteiger partial charge in [0.1, 0.15) is 23.4 Å². The van der Waals surface area contributed by atoms with Crippen LogP contribution < -0.4 is 5.43 Å².